The van der Waals surface area contributed by atoms with Crippen molar-refractivity contribution in [3.05, 3.63) is 0 Å². The number of carbonyl (C=O) groups is 2. The first-order valence-electron chi connectivity index (χ1n) is 10.6. The minimum Gasteiger partial charge on any atom is -0.548 e. The standard InChI is InChI=1S/C16H29NO2.C5H11NO2.2Na/c1-13(2)16(15(18)19)14-11-9-7-5-3-4-6-8-10-12-17(14)16;1-3(2)4(6)5(7)8;;/h13-14H,3-12H2,1-2H3,(H,18,19);3-4H,6H2,1-2H3,(H,7,8);;/q;;2*+1/p-2/t14?,16-,17?;4-;;/m10../s1. The first-order chi connectivity index (χ1) is 12.7. The molecule has 4 atom stereocenters. The van der Waals surface area contributed by atoms with E-state index in [9.17, 15) is 19.8 Å². The van der Waals surface area contributed by atoms with Gasteiger partial charge in [-0.1, -0.05) is 72.6 Å². The second kappa shape index (κ2) is 15.6. The predicted octanol–water partition coefficient (Wildman–Crippen LogP) is -4.93. The first-order valence-corrected chi connectivity index (χ1v) is 10.6. The van der Waals surface area contributed by atoms with Gasteiger partial charge >= 0.3 is 59.1 Å². The molecule has 0 amide bonds. The molecule has 2 unspecified atom stereocenters. The van der Waals surface area contributed by atoms with E-state index in [0.29, 0.717) is 0 Å². The molecule has 2 fully saturated rings. The smallest absolute Gasteiger partial charge is 0.548 e. The van der Waals surface area contributed by atoms with Crippen LogP contribution in [0.2, 0.25) is 0 Å². The predicted molar refractivity (Wildman–Crippen MR) is 102 cm³/mol. The second-order valence-electron chi connectivity index (χ2n) is 8.68. The first kappa shape index (κ1) is 32.0. The van der Waals surface area contributed by atoms with Crippen LogP contribution in [-0.4, -0.2) is 41.0 Å². The normalized spacial score (nSPS) is 28.1. The van der Waals surface area contributed by atoms with Gasteiger partial charge in [0.25, 0.3) is 0 Å². The van der Waals surface area contributed by atoms with E-state index < -0.39 is 23.5 Å². The van der Waals surface area contributed by atoms with Gasteiger partial charge in [-0.25, -0.2) is 0 Å². The maximum absolute atomic E-state index is 11.7. The van der Waals surface area contributed by atoms with Crippen LogP contribution in [0.25, 0.3) is 0 Å². The molecule has 2 N–H and O–H groups in total. The summed E-state index contributed by atoms with van der Waals surface area (Å²) in [5.74, 6) is -1.92. The van der Waals surface area contributed by atoms with Crippen LogP contribution in [-0.2, 0) is 9.59 Å². The van der Waals surface area contributed by atoms with E-state index in [1.807, 2.05) is 13.8 Å². The summed E-state index contributed by atoms with van der Waals surface area (Å²) < 4.78 is 0. The average Bonchev–Trinajstić information content (AvgIpc) is 3.22. The van der Waals surface area contributed by atoms with E-state index in [0.717, 1.165) is 19.4 Å². The van der Waals surface area contributed by atoms with Gasteiger partial charge in [0.05, 0.1) is 17.5 Å². The fraction of sp³-hybridized carbons (Fsp3) is 0.905. The van der Waals surface area contributed by atoms with Gasteiger partial charge in [-0.3, -0.25) is 4.90 Å². The maximum Gasteiger partial charge on any atom is 1.00 e. The van der Waals surface area contributed by atoms with Gasteiger partial charge in [0.15, 0.2) is 0 Å². The van der Waals surface area contributed by atoms with Crippen molar-refractivity contribution >= 4 is 11.9 Å². The van der Waals surface area contributed by atoms with E-state index in [1.165, 1.54) is 44.9 Å². The summed E-state index contributed by atoms with van der Waals surface area (Å²) in [6.45, 7) is 8.47. The van der Waals surface area contributed by atoms with Crippen LogP contribution >= 0.6 is 0 Å². The summed E-state index contributed by atoms with van der Waals surface area (Å²) in [6.07, 6.45) is 11.2. The van der Waals surface area contributed by atoms with Crippen molar-refractivity contribution in [2.24, 2.45) is 17.6 Å². The molecule has 0 saturated carbocycles. The zero-order valence-electron chi connectivity index (χ0n) is 19.5. The fourth-order valence-electron chi connectivity index (χ4n) is 4.30. The van der Waals surface area contributed by atoms with E-state index in [-0.39, 0.29) is 77.0 Å². The Bertz CT molecular complexity index is 471. The van der Waals surface area contributed by atoms with E-state index in [1.54, 1.807) is 13.8 Å². The molecule has 0 aromatic heterocycles. The largest absolute Gasteiger partial charge is 1.00 e. The minimum absolute atomic E-state index is 0. The Hall–Kier alpha value is 0.860. The molecule has 158 valence electrons. The van der Waals surface area contributed by atoms with Gasteiger partial charge in [-0.05, 0) is 31.2 Å². The molecule has 0 aromatic rings. The molecule has 0 aromatic carbocycles. The Morgan fingerprint density at radius 1 is 0.897 bits per heavy atom. The Morgan fingerprint density at radius 3 is 1.69 bits per heavy atom. The molecule has 2 saturated heterocycles. The number of rotatable bonds is 4. The molecule has 0 spiro atoms. The monoisotopic (exact) mass is 428 g/mol. The zero-order valence-corrected chi connectivity index (χ0v) is 23.5. The number of hydrogen-bond donors (Lipinski definition) is 1. The third-order valence-corrected chi connectivity index (χ3v) is 6.12. The zero-order chi connectivity index (χ0) is 20.6. The summed E-state index contributed by atoms with van der Waals surface area (Å²) >= 11 is 0. The molecule has 0 radical (unpaired) electrons. The molecule has 2 rings (SSSR count). The Labute approximate surface area is 221 Å². The third kappa shape index (κ3) is 9.09. The minimum atomic E-state index is -1.18. The number of carboxylic acids is 2. The van der Waals surface area contributed by atoms with Crippen LogP contribution in [0.5, 0.6) is 0 Å². The van der Waals surface area contributed by atoms with Crippen LogP contribution in [0.3, 0.4) is 0 Å². The molecule has 0 aliphatic carbocycles. The number of nitrogens with zero attached hydrogens (tertiary/aromatic N) is 1. The fourth-order valence-corrected chi connectivity index (χ4v) is 4.30. The molecule has 29 heavy (non-hydrogen) atoms. The number of fused-ring (bicyclic) bond motifs is 1. The molecule has 2 aliphatic heterocycles. The molecular weight excluding hydrogens is 390 g/mol. The van der Waals surface area contributed by atoms with Crippen molar-refractivity contribution in [1.29, 1.82) is 0 Å². The summed E-state index contributed by atoms with van der Waals surface area (Å²) in [5, 5.41) is 21.6. The Balaban J connectivity index is 0. The molecule has 0 bridgehead atoms. The summed E-state index contributed by atoms with van der Waals surface area (Å²) in [7, 11) is 0. The van der Waals surface area contributed by atoms with Crippen LogP contribution in [0, 0.1) is 11.8 Å². The van der Waals surface area contributed by atoms with Gasteiger partial charge in [0, 0.05) is 12.1 Å². The van der Waals surface area contributed by atoms with Crippen molar-refractivity contribution in [3.63, 3.8) is 0 Å². The SMILES string of the molecule is CC(C)[C@H](N)C(=O)[O-].CC(C)[C@]1(C(=O)[O-])C2CCCCCCCCCCN21.[Na+].[Na+]. The summed E-state index contributed by atoms with van der Waals surface area (Å²) in [4.78, 5) is 23.8. The molecular formula is C21H38N2Na2O4. The van der Waals surface area contributed by atoms with Gasteiger partial charge in [0.1, 0.15) is 0 Å². The number of aliphatic carboxylic acids is 2. The van der Waals surface area contributed by atoms with Gasteiger partial charge in [-0.15, -0.1) is 0 Å². The molecule has 2 heterocycles. The van der Waals surface area contributed by atoms with E-state index in [4.69, 9.17) is 5.73 Å². The number of carbonyl (C=O) groups excluding carboxylic acids is 2. The molecule has 8 heteroatoms. The van der Waals surface area contributed by atoms with Crippen molar-refractivity contribution in [1.82, 2.24) is 4.90 Å². The van der Waals surface area contributed by atoms with Crippen LogP contribution in [0.1, 0.15) is 85.5 Å². The van der Waals surface area contributed by atoms with E-state index in [2.05, 4.69) is 4.90 Å². The summed E-state index contributed by atoms with van der Waals surface area (Å²) in [5.41, 5.74) is 4.44. The van der Waals surface area contributed by atoms with Crippen LogP contribution in [0.15, 0.2) is 0 Å². The Kier molecular flexibility index (Phi) is 17.3. The second-order valence-corrected chi connectivity index (χ2v) is 8.68. The quantitative estimate of drug-likeness (QED) is 0.355. The molecule has 2 aliphatic rings. The third-order valence-electron chi connectivity index (χ3n) is 6.12. The average molecular weight is 429 g/mol. The van der Waals surface area contributed by atoms with Crippen molar-refractivity contribution in [3.8, 4) is 0 Å². The van der Waals surface area contributed by atoms with Crippen molar-refractivity contribution < 1.29 is 78.9 Å². The van der Waals surface area contributed by atoms with Crippen LogP contribution < -0.4 is 75.1 Å². The van der Waals surface area contributed by atoms with Gasteiger partial charge in [-0.2, -0.15) is 0 Å². The maximum atomic E-state index is 11.7. The Morgan fingerprint density at radius 2 is 1.34 bits per heavy atom. The number of carboxylic acid groups (broad SMARTS) is 2. The van der Waals surface area contributed by atoms with Gasteiger partial charge < -0.3 is 25.5 Å². The summed E-state index contributed by atoms with van der Waals surface area (Å²) in [6, 6.07) is -0.591. The van der Waals surface area contributed by atoms with Crippen molar-refractivity contribution in [2.75, 3.05) is 6.54 Å². The van der Waals surface area contributed by atoms with Crippen molar-refractivity contribution in [2.45, 2.75) is 103 Å². The molecule has 6 nitrogen and oxygen atoms in total. The topological polar surface area (TPSA) is 109 Å². The number of hydrogen-bond acceptors (Lipinski definition) is 6. The van der Waals surface area contributed by atoms with Crippen LogP contribution in [0.4, 0.5) is 0 Å². The number of nitrogens with two attached hydrogens (primary N) is 1. The van der Waals surface area contributed by atoms with Gasteiger partial charge in [0.2, 0.25) is 0 Å². The van der Waals surface area contributed by atoms with E-state index >= 15 is 0 Å².